The standard InChI is InChI=1S/C17H18F3N3/c1-16(2)9-23(11-3-4-11)14-7-12(5-6-13(14)16)22-8-15(21-10-22)17(18,19)20/h5-8,10-11H,3-4,9H2,1-2H3. The van der Waals surface area contributed by atoms with E-state index >= 15 is 0 Å². The van der Waals surface area contributed by atoms with E-state index in [1.807, 2.05) is 18.2 Å². The largest absolute Gasteiger partial charge is 0.434 e. The molecular weight excluding hydrogens is 303 g/mol. The average molecular weight is 321 g/mol. The highest BCUT2D eigenvalue weighted by Crippen LogP contribution is 2.46. The number of nitrogens with zero attached hydrogens (tertiary/aromatic N) is 3. The van der Waals surface area contributed by atoms with Crippen LogP contribution in [0.25, 0.3) is 5.69 Å². The number of imidazole rings is 1. The molecule has 2 heterocycles. The minimum absolute atomic E-state index is 0.0719. The first-order valence-electron chi connectivity index (χ1n) is 7.78. The van der Waals surface area contributed by atoms with E-state index in [0.29, 0.717) is 6.04 Å². The highest BCUT2D eigenvalue weighted by atomic mass is 19.4. The molecule has 0 radical (unpaired) electrons. The molecule has 6 heteroatoms. The van der Waals surface area contributed by atoms with Crippen molar-refractivity contribution < 1.29 is 13.2 Å². The van der Waals surface area contributed by atoms with Crippen LogP contribution in [-0.4, -0.2) is 22.1 Å². The normalized spacial score (nSPS) is 20.0. The second-order valence-electron chi connectivity index (χ2n) is 7.11. The van der Waals surface area contributed by atoms with Crippen LogP contribution in [-0.2, 0) is 11.6 Å². The lowest BCUT2D eigenvalue weighted by molar-refractivity contribution is -0.140. The maximum Gasteiger partial charge on any atom is 0.434 e. The van der Waals surface area contributed by atoms with Crippen LogP contribution < -0.4 is 4.90 Å². The number of halogens is 3. The van der Waals surface area contributed by atoms with Crippen LogP contribution in [0.5, 0.6) is 0 Å². The molecule has 0 unspecified atom stereocenters. The summed E-state index contributed by atoms with van der Waals surface area (Å²) in [5.41, 5.74) is 2.34. The van der Waals surface area contributed by atoms with Gasteiger partial charge in [0.15, 0.2) is 5.69 Å². The molecule has 4 rings (SSSR count). The molecule has 1 aromatic heterocycles. The van der Waals surface area contributed by atoms with Crippen LogP contribution in [0, 0.1) is 0 Å². The molecule has 0 amide bonds. The van der Waals surface area contributed by atoms with E-state index in [0.717, 1.165) is 24.1 Å². The summed E-state index contributed by atoms with van der Waals surface area (Å²) in [4.78, 5) is 5.88. The number of hydrogen-bond donors (Lipinski definition) is 0. The SMILES string of the molecule is CC1(C)CN(C2CC2)c2cc(-n3cnc(C(F)(F)F)c3)ccc21. The van der Waals surface area contributed by atoms with Gasteiger partial charge in [0.25, 0.3) is 0 Å². The second-order valence-corrected chi connectivity index (χ2v) is 7.11. The van der Waals surface area contributed by atoms with Crippen LogP contribution in [0.4, 0.5) is 18.9 Å². The zero-order chi connectivity index (χ0) is 16.4. The van der Waals surface area contributed by atoms with Crippen molar-refractivity contribution in [2.24, 2.45) is 0 Å². The van der Waals surface area contributed by atoms with Crippen molar-refractivity contribution in [2.45, 2.75) is 44.3 Å². The van der Waals surface area contributed by atoms with Gasteiger partial charge in [0.1, 0.15) is 0 Å². The molecule has 0 saturated heterocycles. The Hall–Kier alpha value is -1.98. The Kier molecular flexibility index (Phi) is 2.87. The van der Waals surface area contributed by atoms with E-state index in [1.54, 1.807) is 0 Å². The molecule has 1 saturated carbocycles. The number of aromatic nitrogens is 2. The lowest BCUT2D eigenvalue weighted by atomic mass is 9.87. The molecule has 1 fully saturated rings. The van der Waals surface area contributed by atoms with Gasteiger partial charge in [-0.1, -0.05) is 19.9 Å². The second kappa shape index (κ2) is 4.52. The number of benzene rings is 1. The molecule has 0 spiro atoms. The number of alkyl halides is 3. The molecule has 23 heavy (non-hydrogen) atoms. The first kappa shape index (κ1) is 14.6. The number of hydrogen-bond acceptors (Lipinski definition) is 2. The number of fused-ring (bicyclic) bond motifs is 1. The molecule has 2 aromatic rings. The molecule has 122 valence electrons. The fourth-order valence-electron chi connectivity index (χ4n) is 3.41. The highest BCUT2D eigenvalue weighted by Gasteiger charge is 2.41. The molecular formula is C17H18F3N3. The van der Waals surface area contributed by atoms with Crippen molar-refractivity contribution in [1.29, 1.82) is 0 Å². The average Bonchev–Trinajstić information content (AvgIpc) is 3.10. The van der Waals surface area contributed by atoms with E-state index in [-0.39, 0.29) is 5.41 Å². The fraction of sp³-hybridized carbons (Fsp3) is 0.471. The van der Waals surface area contributed by atoms with Crippen LogP contribution >= 0.6 is 0 Å². The molecule has 1 aliphatic heterocycles. The van der Waals surface area contributed by atoms with Crippen LogP contribution in [0.3, 0.4) is 0 Å². The lowest BCUT2D eigenvalue weighted by Crippen LogP contribution is -2.30. The topological polar surface area (TPSA) is 21.1 Å². The van der Waals surface area contributed by atoms with E-state index in [4.69, 9.17) is 0 Å². The van der Waals surface area contributed by atoms with Gasteiger partial charge in [-0.25, -0.2) is 4.98 Å². The van der Waals surface area contributed by atoms with Gasteiger partial charge in [0.05, 0.1) is 6.33 Å². The molecule has 0 N–H and O–H groups in total. The van der Waals surface area contributed by atoms with E-state index < -0.39 is 11.9 Å². The Labute approximate surface area is 132 Å². The van der Waals surface area contributed by atoms with Crippen molar-refractivity contribution in [3.8, 4) is 5.69 Å². The number of anilines is 1. The first-order valence-corrected chi connectivity index (χ1v) is 7.78. The van der Waals surface area contributed by atoms with Gasteiger partial charge in [-0.2, -0.15) is 13.2 Å². The summed E-state index contributed by atoms with van der Waals surface area (Å²) < 4.78 is 39.6. The summed E-state index contributed by atoms with van der Waals surface area (Å²) in [7, 11) is 0. The Morgan fingerprint density at radius 1 is 1.22 bits per heavy atom. The zero-order valence-corrected chi connectivity index (χ0v) is 13.1. The minimum Gasteiger partial charge on any atom is -0.367 e. The van der Waals surface area contributed by atoms with Gasteiger partial charge < -0.3 is 9.47 Å². The van der Waals surface area contributed by atoms with Gasteiger partial charge in [-0.3, -0.25) is 0 Å². The highest BCUT2D eigenvalue weighted by molar-refractivity contribution is 5.67. The molecule has 1 aromatic carbocycles. The van der Waals surface area contributed by atoms with Crippen LogP contribution in [0.1, 0.15) is 37.9 Å². The maximum atomic E-state index is 12.7. The van der Waals surface area contributed by atoms with E-state index in [1.165, 1.54) is 29.3 Å². The summed E-state index contributed by atoms with van der Waals surface area (Å²) in [6.07, 6.45) is 0.255. The Balaban J connectivity index is 1.75. The molecule has 0 atom stereocenters. The molecule has 0 bridgehead atoms. The van der Waals surface area contributed by atoms with E-state index in [2.05, 4.69) is 23.7 Å². The van der Waals surface area contributed by atoms with Gasteiger partial charge in [-0.15, -0.1) is 0 Å². The summed E-state index contributed by atoms with van der Waals surface area (Å²) in [5.74, 6) is 0. The summed E-state index contributed by atoms with van der Waals surface area (Å²) in [5, 5.41) is 0. The molecule has 3 nitrogen and oxygen atoms in total. The van der Waals surface area contributed by atoms with Crippen molar-refractivity contribution in [3.05, 3.63) is 42.0 Å². The molecule has 1 aliphatic carbocycles. The Morgan fingerprint density at radius 3 is 2.57 bits per heavy atom. The minimum atomic E-state index is -4.41. The Bertz CT molecular complexity index is 757. The monoisotopic (exact) mass is 321 g/mol. The van der Waals surface area contributed by atoms with Gasteiger partial charge in [-0.05, 0) is 30.5 Å². The summed E-state index contributed by atoms with van der Waals surface area (Å²) >= 11 is 0. The van der Waals surface area contributed by atoms with Crippen LogP contribution in [0.15, 0.2) is 30.7 Å². The van der Waals surface area contributed by atoms with Gasteiger partial charge in [0.2, 0.25) is 0 Å². The van der Waals surface area contributed by atoms with Crippen molar-refractivity contribution >= 4 is 5.69 Å². The summed E-state index contributed by atoms with van der Waals surface area (Å²) in [6.45, 7) is 5.40. The van der Waals surface area contributed by atoms with Crippen LogP contribution in [0.2, 0.25) is 0 Å². The smallest absolute Gasteiger partial charge is 0.367 e. The third kappa shape index (κ3) is 2.40. The zero-order valence-electron chi connectivity index (χ0n) is 13.1. The quantitative estimate of drug-likeness (QED) is 0.828. The Morgan fingerprint density at radius 2 is 1.96 bits per heavy atom. The van der Waals surface area contributed by atoms with Crippen molar-refractivity contribution in [3.63, 3.8) is 0 Å². The van der Waals surface area contributed by atoms with Crippen molar-refractivity contribution in [1.82, 2.24) is 9.55 Å². The fourth-order valence-corrected chi connectivity index (χ4v) is 3.41. The predicted octanol–water partition coefficient (Wildman–Crippen LogP) is 4.15. The van der Waals surface area contributed by atoms with E-state index in [9.17, 15) is 13.2 Å². The van der Waals surface area contributed by atoms with Gasteiger partial charge in [0, 0.05) is 35.6 Å². The maximum absolute atomic E-state index is 12.7. The third-order valence-electron chi connectivity index (χ3n) is 4.74. The molecule has 2 aliphatic rings. The summed E-state index contributed by atoms with van der Waals surface area (Å²) in [6, 6.07) is 6.49. The first-order chi connectivity index (χ1) is 10.8. The third-order valence-corrected chi connectivity index (χ3v) is 4.74. The van der Waals surface area contributed by atoms with Gasteiger partial charge >= 0.3 is 6.18 Å². The van der Waals surface area contributed by atoms with Crippen molar-refractivity contribution in [2.75, 3.05) is 11.4 Å². The lowest BCUT2D eigenvalue weighted by Gasteiger charge is -2.22. The predicted molar refractivity (Wildman–Crippen MR) is 82.0 cm³/mol. The number of rotatable bonds is 2.